The fourth-order valence-corrected chi connectivity index (χ4v) is 6.62. The molecule has 268 valence electrons. The van der Waals surface area contributed by atoms with Gasteiger partial charge in [0.1, 0.15) is 7.05 Å². The van der Waals surface area contributed by atoms with Crippen LogP contribution in [0.2, 0.25) is 0 Å². The van der Waals surface area contributed by atoms with Crippen molar-refractivity contribution in [2.45, 2.75) is 181 Å². The van der Waals surface area contributed by atoms with E-state index in [2.05, 4.69) is 91.3 Å². The van der Waals surface area contributed by atoms with Gasteiger partial charge >= 0.3 is 0 Å². The number of unbranched alkanes of at least 4 members (excludes halogenated alkanes) is 24. The molecule has 0 fully saturated rings. The molecular weight excluding hydrogens is 683 g/mol. The monoisotopic (exact) mass is 758 g/mol. The van der Waals surface area contributed by atoms with Gasteiger partial charge in [0.2, 0.25) is 0 Å². The summed E-state index contributed by atoms with van der Waals surface area (Å²) in [5.41, 5.74) is 3.93. The second-order valence-electron chi connectivity index (χ2n) is 14.2. The first-order valence-electron chi connectivity index (χ1n) is 20.2. The van der Waals surface area contributed by atoms with Gasteiger partial charge in [0.15, 0.2) is 12.4 Å². The Morgan fingerprint density at radius 3 is 1.06 bits per heavy atom. The number of rotatable bonds is 31. The predicted octanol–water partition coefficient (Wildman–Crippen LogP) is 10.7. The fourth-order valence-electron chi connectivity index (χ4n) is 6.62. The Labute approximate surface area is 310 Å². The maximum absolute atomic E-state index is 2.68. The molecule has 1 aromatic heterocycles. The number of anilines is 1. The Kier molecular flexibility index (Phi) is 29.6. The molecule has 0 aliphatic carbocycles. The van der Waals surface area contributed by atoms with E-state index in [1.54, 1.807) is 0 Å². The van der Waals surface area contributed by atoms with E-state index in [1.165, 1.54) is 197 Å². The summed E-state index contributed by atoms with van der Waals surface area (Å²) in [6.07, 6.45) is 45.6. The Morgan fingerprint density at radius 2 is 0.723 bits per heavy atom. The summed E-state index contributed by atoms with van der Waals surface area (Å²) in [6.45, 7) is 7.01. The SMILES string of the molecule is CCCCCCCCCCCCCCCN(CCCCCCCCCCCCCCC)c1ccc(C=Cc2cc[n+](C)cc2)cc1.[I-]. The van der Waals surface area contributed by atoms with Gasteiger partial charge in [-0.25, -0.2) is 4.57 Å². The summed E-state index contributed by atoms with van der Waals surface area (Å²) in [5.74, 6) is 0. The molecule has 0 bridgehead atoms. The van der Waals surface area contributed by atoms with Crippen molar-refractivity contribution >= 4 is 17.8 Å². The summed E-state index contributed by atoms with van der Waals surface area (Å²) in [4.78, 5) is 2.68. The molecule has 1 aromatic carbocycles. The van der Waals surface area contributed by atoms with Crippen LogP contribution in [0.15, 0.2) is 48.8 Å². The van der Waals surface area contributed by atoms with Crippen LogP contribution in [0.5, 0.6) is 0 Å². The van der Waals surface area contributed by atoms with Crippen LogP contribution in [0.3, 0.4) is 0 Å². The molecule has 3 heteroatoms. The number of halogens is 1. The Balaban J connectivity index is 0.0000110. The first-order valence-corrected chi connectivity index (χ1v) is 20.2. The van der Waals surface area contributed by atoms with Gasteiger partial charge in [-0.2, -0.15) is 0 Å². The van der Waals surface area contributed by atoms with E-state index < -0.39 is 0 Å². The van der Waals surface area contributed by atoms with Crippen LogP contribution in [0, 0.1) is 0 Å². The van der Waals surface area contributed by atoms with Crippen molar-refractivity contribution in [3.8, 4) is 0 Å². The van der Waals surface area contributed by atoms with Crippen LogP contribution in [0.4, 0.5) is 5.69 Å². The Bertz CT molecular complexity index is 922. The highest BCUT2D eigenvalue weighted by molar-refractivity contribution is 5.70. The summed E-state index contributed by atoms with van der Waals surface area (Å²) < 4.78 is 2.08. The molecule has 47 heavy (non-hydrogen) atoms. The molecule has 0 aliphatic heterocycles. The minimum atomic E-state index is 0. The van der Waals surface area contributed by atoms with Crippen molar-refractivity contribution in [1.82, 2.24) is 0 Å². The molecular formula is C44H75IN2. The van der Waals surface area contributed by atoms with Crippen molar-refractivity contribution in [1.29, 1.82) is 0 Å². The van der Waals surface area contributed by atoms with E-state index >= 15 is 0 Å². The van der Waals surface area contributed by atoms with E-state index in [-0.39, 0.29) is 24.0 Å². The van der Waals surface area contributed by atoms with Crippen LogP contribution in [0.25, 0.3) is 12.2 Å². The van der Waals surface area contributed by atoms with Gasteiger partial charge in [-0.15, -0.1) is 0 Å². The van der Waals surface area contributed by atoms with Crippen LogP contribution < -0.4 is 33.4 Å². The third-order valence-electron chi connectivity index (χ3n) is 9.79. The molecule has 2 rings (SSSR count). The zero-order chi connectivity index (χ0) is 32.8. The number of hydrogen-bond donors (Lipinski definition) is 0. The molecule has 2 nitrogen and oxygen atoms in total. The highest BCUT2D eigenvalue weighted by Gasteiger charge is 2.07. The first-order chi connectivity index (χ1) is 22.7. The zero-order valence-electron chi connectivity index (χ0n) is 31.3. The van der Waals surface area contributed by atoms with Gasteiger partial charge in [0.05, 0.1) is 0 Å². The van der Waals surface area contributed by atoms with E-state index in [0.717, 1.165) is 0 Å². The molecule has 0 amide bonds. The van der Waals surface area contributed by atoms with Crippen LogP contribution >= 0.6 is 0 Å². The lowest BCUT2D eigenvalue weighted by Crippen LogP contribution is -3.00. The molecule has 0 unspecified atom stereocenters. The lowest BCUT2D eigenvalue weighted by atomic mass is 10.0. The second kappa shape index (κ2) is 31.9. The van der Waals surface area contributed by atoms with Crippen LogP contribution in [-0.2, 0) is 7.05 Å². The second-order valence-corrected chi connectivity index (χ2v) is 14.2. The molecule has 0 aliphatic rings. The van der Waals surface area contributed by atoms with Crippen molar-refractivity contribution in [3.63, 3.8) is 0 Å². The number of nitrogens with zero attached hydrogens (tertiary/aromatic N) is 2. The average molecular weight is 759 g/mol. The fraction of sp³-hybridized carbons (Fsp3) is 0.705. The predicted molar refractivity (Wildman–Crippen MR) is 207 cm³/mol. The largest absolute Gasteiger partial charge is 1.00 e. The van der Waals surface area contributed by atoms with E-state index in [4.69, 9.17) is 0 Å². The summed E-state index contributed by atoms with van der Waals surface area (Å²) in [5, 5.41) is 0. The molecule has 0 spiro atoms. The van der Waals surface area contributed by atoms with Gasteiger partial charge < -0.3 is 28.9 Å². The average Bonchev–Trinajstić information content (AvgIpc) is 3.08. The molecule has 0 saturated carbocycles. The highest BCUT2D eigenvalue weighted by atomic mass is 127. The lowest BCUT2D eigenvalue weighted by molar-refractivity contribution is -0.671. The van der Waals surface area contributed by atoms with Crippen molar-refractivity contribution in [2.75, 3.05) is 18.0 Å². The van der Waals surface area contributed by atoms with E-state index in [1.807, 2.05) is 0 Å². The molecule has 0 atom stereocenters. The minimum Gasteiger partial charge on any atom is -1.00 e. The third-order valence-corrected chi connectivity index (χ3v) is 9.79. The number of hydrogen-bond acceptors (Lipinski definition) is 1. The molecule has 1 heterocycles. The van der Waals surface area contributed by atoms with Crippen molar-refractivity contribution < 1.29 is 28.5 Å². The van der Waals surface area contributed by atoms with Gasteiger partial charge in [-0.1, -0.05) is 192 Å². The number of aromatic nitrogens is 1. The van der Waals surface area contributed by atoms with E-state index in [0.29, 0.717) is 0 Å². The summed E-state index contributed by atoms with van der Waals surface area (Å²) in [7, 11) is 2.06. The highest BCUT2D eigenvalue weighted by Crippen LogP contribution is 2.20. The number of benzene rings is 1. The maximum atomic E-state index is 2.68. The van der Waals surface area contributed by atoms with Crippen molar-refractivity contribution in [3.05, 3.63) is 59.9 Å². The van der Waals surface area contributed by atoms with Crippen LogP contribution in [0.1, 0.15) is 192 Å². The van der Waals surface area contributed by atoms with Gasteiger partial charge in [-0.05, 0) is 36.1 Å². The normalized spacial score (nSPS) is 11.3. The standard InChI is InChI=1S/C44H75N2.HI/c1-4-6-8-10-12-14-16-18-20-22-24-26-28-38-46(39-29-27-25-23-21-19-17-15-13-11-9-7-5-2)44-34-32-42(33-35-44)30-31-43-36-40-45(3)41-37-43;/h30-37,40-41H,4-29,38-39H2,1-3H3;1H/q+1;/p-1. The molecule has 0 saturated heterocycles. The summed E-state index contributed by atoms with van der Waals surface area (Å²) >= 11 is 0. The first kappa shape index (κ1) is 43.7. The summed E-state index contributed by atoms with van der Waals surface area (Å²) in [6, 6.07) is 13.6. The van der Waals surface area contributed by atoms with E-state index in [9.17, 15) is 0 Å². The minimum absolute atomic E-state index is 0. The van der Waals surface area contributed by atoms with Gasteiger partial charge in [0, 0.05) is 30.9 Å². The number of aryl methyl sites for hydroxylation is 1. The molecule has 0 radical (unpaired) electrons. The lowest BCUT2D eigenvalue weighted by Gasteiger charge is -2.25. The van der Waals surface area contributed by atoms with Gasteiger partial charge in [0.25, 0.3) is 0 Å². The maximum Gasteiger partial charge on any atom is 0.169 e. The van der Waals surface area contributed by atoms with Crippen LogP contribution in [-0.4, -0.2) is 13.1 Å². The van der Waals surface area contributed by atoms with Gasteiger partial charge in [-0.3, -0.25) is 0 Å². The number of pyridine rings is 1. The third kappa shape index (κ3) is 24.4. The Morgan fingerprint density at radius 1 is 0.426 bits per heavy atom. The topological polar surface area (TPSA) is 7.12 Å². The Hall–Kier alpha value is -1.36. The van der Waals surface area contributed by atoms with Crippen molar-refractivity contribution in [2.24, 2.45) is 7.05 Å². The smallest absolute Gasteiger partial charge is 0.169 e. The zero-order valence-corrected chi connectivity index (χ0v) is 33.5. The molecule has 0 N–H and O–H groups in total. The molecule has 2 aromatic rings. The quantitative estimate of drug-likeness (QED) is 0.0422.